The third kappa shape index (κ3) is 5.19. The zero-order chi connectivity index (χ0) is 13.4. The van der Waals surface area contributed by atoms with Crippen LogP contribution in [-0.4, -0.2) is 25.7 Å². The van der Waals surface area contributed by atoms with Crippen molar-refractivity contribution in [2.24, 2.45) is 0 Å². The van der Waals surface area contributed by atoms with Gasteiger partial charge in [-0.2, -0.15) is 0 Å². The molecule has 0 atom stereocenters. The second-order valence-electron chi connectivity index (χ2n) is 4.40. The molecule has 0 spiro atoms. The Hall–Kier alpha value is -0.870. The predicted molar refractivity (Wildman–Crippen MR) is 76.5 cm³/mol. The molecule has 0 aliphatic carbocycles. The zero-order valence-corrected chi connectivity index (χ0v) is 12.4. The highest BCUT2D eigenvalue weighted by Gasteiger charge is 2.10. The molecule has 102 valence electrons. The summed E-state index contributed by atoms with van der Waals surface area (Å²) in [6.07, 6.45) is 3.14. The summed E-state index contributed by atoms with van der Waals surface area (Å²) in [5, 5.41) is 2.93. The van der Waals surface area contributed by atoms with E-state index >= 15 is 0 Å². The normalized spacial score (nSPS) is 10.6. The Bertz CT molecular complexity index is 374. The number of carbonyl (C=O) groups is 1. The number of nitrogens with one attached hydrogen (secondary N) is 1. The molecule has 0 aliphatic heterocycles. The van der Waals surface area contributed by atoms with Gasteiger partial charge in [-0.05, 0) is 32.8 Å². The number of hydrogen-bond acceptors (Lipinski definition) is 3. The summed E-state index contributed by atoms with van der Waals surface area (Å²) in [4.78, 5) is 14.1. The van der Waals surface area contributed by atoms with Crippen molar-refractivity contribution >= 4 is 17.2 Å². The minimum absolute atomic E-state index is 0.0328. The lowest BCUT2D eigenvalue weighted by Gasteiger charge is -2.05. The molecule has 1 N–H and O–H groups in total. The third-order valence-electron chi connectivity index (χ3n) is 2.68. The van der Waals surface area contributed by atoms with E-state index in [1.54, 1.807) is 11.3 Å². The van der Waals surface area contributed by atoms with Gasteiger partial charge in [-0.1, -0.05) is 13.3 Å². The average Bonchev–Trinajstić information content (AvgIpc) is 2.67. The second kappa shape index (κ2) is 8.27. The van der Waals surface area contributed by atoms with E-state index in [0.29, 0.717) is 6.54 Å². The maximum atomic E-state index is 11.9. The molecule has 0 fully saturated rings. The van der Waals surface area contributed by atoms with Crippen LogP contribution in [0.4, 0.5) is 0 Å². The maximum absolute atomic E-state index is 11.9. The highest BCUT2D eigenvalue weighted by Crippen LogP contribution is 2.20. The van der Waals surface area contributed by atoms with Gasteiger partial charge in [0.2, 0.25) is 0 Å². The van der Waals surface area contributed by atoms with Gasteiger partial charge in [0.15, 0.2) is 0 Å². The lowest BCUT2D eigenvalue weighted by atomic mass is 10.2. The standard InChI is InChI=1S/C14H23NO2S/c1-4-5-8-17-9-6-7-15-14(16)13-10-11(2)18-12(13)3/h10H,4-9H2,1-3H3,(H,15,16). The lowest BCUT2D eigenvalue weighted by Crippen LogP contribution is -2.25. The van der Waals surface area contributed by atoms with Crippen molar-refractivity contribution in [2.75, 3.05) is 19.8 Å². The molecule has 0 saturated heterocycles. The lowest BCUT2D eigenvalue weighted by molar-refractivity contribution is 0.0940. The first-order valence-corrected chi connectivity index (χ1v) is 7.39. The monoisotopic (exact) mass is 269 g/mol. The van der Waals surface area contributed by atoms with Crippen LogP contribution < -0.4 is 5.32 Å². The number of unbranched alkanes of at least 4 members (excludes halogenated alkanes) is 1. The van der Waals surface area contributed by atoms with Crippen LogP contribution in [0.5, 0.6) is 0 Å². The quantitative estimate of drug-likeness (QED) is 0.735. The minimum Gasteiger partial charge on any atom is -0.381 e. The van der Waals surface area contributed by atoms with Crippen LogP contribution in [0.25, 0.3) is 0 Å². The van der Waals surface area contributed by atoms with Gasteiger partial charge in [0.1, 0.15) is 0 Å². The Kier molecular flexibility index (Phi) is 6.98. The van der Waals surface area contributed by atoms with Crippen molar-refractivity contribution in [3.63, 3.8) is 0 Å². The van der Waals surface area contributed by atoms with Gasteiger partial charge in [-0.15, -0.1) is 11.3 Å². The van der Waals surface area contributed by atoms with Crippen LogP contribution in [-0.2, 0) is 4.74 Å². The fraction of sp³-hybridized carbons (Fsp3) is 0.643. The Morgan fingerprint density at radius 2 is 2.06 bits per heavy atom. The van der Waals surface area contributed by atoms with Crippen LogP contribution in [0.1, 0.15) is 46.3 Å². The largest absolute Gasteiger partial charge is 0.381 e. The third-order valence-corrected chi connectivity index (χ3v) is 3.64. The Labute approximate surface area is 114 Å². The molecule has 0 saturated carbocycles. The van der Waals surface area contributed by atoms with E-state index in [2.05, 4.69) is 12.2 Å². The SMILES string of the molecule is CCCCOCCCNC(=O)c1cc(C)sc1C. The molecular formula is C14H23NO2S. The van der Waals surface area contributed by atoms with Gasteiger partial charge in [-0.25, -0.2) is 0 Å². The maximum Gasteiger partial charge on any atom is 0.252 e. The first kappa shape index (κ1) is 15.2. The molecule has 4 heteroatoms. The van der Waals surface area contributed by atoms with Gasteiger partial charge in [0.25, 0.3) is 5.91 Å². The average molecular weight is 269 g/mol. The van der Waals surface area contributed by atoms with Gasteiger partial charge in [0.05, 0.1) is 5.56 Å². The number of amides is 1. The van der Waals surface area contributed by atoms with Crippen LogP contribution in [0, 0.1) is 13.8 Å². The van der Waals surface area contributed by atoms with Crippen molar-refractivity contribution in [1.82, 2.24) is 5.32 Å². The van der Waals surface area contributed by atoms with Crippen LogP contribution in [0.2, 0.25) is 0 Å². The van der Waals surface area contributed by atoms with Gasteiger partial charge < -0.3 is 10.1 Å². The fourth-order valence-corrected chi connectivity index (χ4v) is 2.60. The Morgan fingerprint density at radius 3 is 2.67 bits per heavy atom. The van der Waals surface area contributed by atoms with E-state index in [9.17, 15) is 4.79 Å². The molecule has 18 heavy (non-hydrogen) atoms. The van der Waals surface area contributed by atoms with Gasteiger partial charge in [-0.3, -0.25) is 4.79 Å². The van der Waals surface area contributed by atoms with Crippen molar-refractivity contribution < 1.29 is 9.53 Å². The minimum atomic E-state index is 0.0328. The highest BCUT2D eigenvalue weighted by atomic mass is 32.1. The molecule has 1 aromatic heterocycles. The first-order valence-electron chi connectivity index (χ1n) is 6.58. The number of rotatable bonds is 8. The zero-order valence-electron chi connectivity index (χ0n) is 11.5. The van der Waals surface area contributed by atoms with Crippen molar-refractivity contribution in [2.45, 2.75) is 40.0 Å². The van der Waals surface area contributed by atoms with Crippen LogP contribution >= 0.6 is 11.3 Å². The molecule has 0 aromatic carbocycles. The van der Waals surface area contributed by atoms with Gasteiger partial charge in [0, 0.05) is 29.5 Å². The number of ether oxygens (including phenoxy) is 1. The smallest absolute Gasteiger partial charge is 0.252 e. The van der Waals surface area contributed by atoms with Crippen molar-refractivity contribution in [3.05, 3.63) is 21.4 Å². The van der Waals surface area contributed by atoms with E-state index in [4.69, 9.17) is 4.74 Å². The summed E-state index contributed by atoms with van der Waals surface area (Å²) >= 11 is 1.66. The molecule has 3 nitrogen and oxygen atoms in total. The van der Waals surface area contributed by atoms with Crippen LogP contribution in [0.3, 0.4) is 0 Å². The summed E-state index contributed by atoms with van der Waals surface area (Å²) in [7, 11) is 0. The highest BCUT2D eigenvalue weighted by molar-refractivity contribution is 7.12. The number of carbonyl (C=O) groups excluding carboxylic acids is 1. The molecule has 0 aliphatic rings. The molecule has 0 radical (unpaired) electrons. The molecule has 1 rings (SSSR count). The molecule has 0 unspecified atom stereocenters. The summed E-state index contributed by atoms with van der Waals surface area (Å²) in [6, 6.07) is 1.95. The van der Waals surface area contributed by atoms with Gasteiger partial charge >= 0.3 is 0 Å². The molecule has 0 bridgehead atoms. The molecule has 1 aromatic rings. The van der Waals surface area contributed by atoms with Crippen molar-refractivity contribution in [1.29, 1.82) is 0 Å². The second-order valence-corrected chi connectivity index (χ2v) is 5.86. The van der Waals surface area contributed by atoms with E-state index in [1.807, 2.05) is 19.9 Å². The molecular weight excluding hydrogens is 246 g/mol. The topological polar surface area (TPSA) is 38.3 Å². The molecule has 1 amide bonds. The summed E-state index contributed by atoms with van der Waals surface area (Å²) in [5.74, 6) is 0.0328. The predicted octanol–water partition coefficient (Wildman–Crippen LogP) is 3.30. The summed E-state index contributed by atoms with van der Waals surface area (Å²) in [6.45, 7) is 8.39. The van der Waals surface area contributed by atoms with Crippen LogP contribution in [0.15, 0.2) is 6.07 Å². The Balaban J connectivity index is 2.16. The van der Waals surface area contributed by atoms with E-state index < -0.39 is 0 Å². The number of thiophene rings is 1. The Morgan fingerprint density at radius 1 is 1.33 bits per heavy atom. The number of aryl methyl sites for hydroxylation is 2. The van der Waals surface area contributed by atoms with Crippen molar-refractivity contribution in [3.8, 4) is 0 Å². The van der Waals surface area contributed by atoms with E-state index in [-0.39, 0.29) is 5.91 Å². The van der Waals surface area contributed by atoms with E-state index in [1.165, 1.54) is 4.88 Å². The fourth-order valence-electron chi connectivity index (χ4n) is 1.68. The molecule has 1 heterocycles. The number of hydrogen-bond donors (Lipinski definition) is 1. The summed E-state index contributed by atoms with van der Waals surface area (Å²) < 4.78 is 5.44. The first-order chi connectivity index (χ1) is 8.65. The summed E-state index contributed by atoms with van der Waals surface area (Å²) in [5.41, 5.74) is 0.810. The van der Waals surface area contributed by atoms with E-state index in [0.717, 1.165) is 42.9 Å².